The summed E-state index contributed by atoms with van der Waals surface area (Å²) in [5.74, 6) is -0.787. The number of nitrogens with zero attached hydrogens (tertiary/aromatic N) is 6. The lowest BCUT2D eigenvalue weighted by atomic mass is 9.84. The molecule has 46 heavy (non-hydrogen) atoms. The maximum Gasteiger partial charge on any atom is 0.416 e. The van der Waals surface area contributed by atoms with E-state index in [4.69, 9.17) is 5.11 Å². The molecule has 1 aliphatic carbocycles. The molecule has 0 spiro atoms. The van der Waals surface area contributed by atoms with Crippen LogP contribution in [-0.2, 0) is 50.1 Å². The van der Waals surface area contributed by atoms with E-state index in [0.717, 1.165) is 48.2 Å². The fraction of sp³-hybridized carbons (Fsp3) is 0.548. The van der Waals surface area contributed by atoms with Crippen molar-refractivity contribution in [1.29, 1.82) is 0 Å². The lowest BCUT2D eigenvalue weighted by molar-refractivity contribution is -0.143. The van der Waals surface area contributed by atoms with Gasteiger partial charge >= 0.3 is 18.3 Å². The minimum Gasteiger partial charge on any atom is -0.481 e. The van der Waals surface area contributed by atoms with Gasteiger partial charge in [-0.15, -0.1) is 17.5 Å². The van der Waals surface area contributed by atoms with Gasteiger partial charge in [-0.1, -0.05) is 25.0 Å². The highest BCUT2D eigenvalue weighted by Gasteiger charge is 2.37. The molecule has 0 unspecified atom stereocenters. The summed E-state index contributed by atoms with van der Waals surface area (Å²) in [6.45, 7) is 7.09. The van der Waals surface area contributed by atoms with Crippen LogP contribution in [0, 0.1) is 5.41 Å². The number of rotatable bonds is 13. The van der Waals surface area contributed by atoms with Gasteiger partial charge in [0.1, 0.15) is 0 Å². The zero-order valence-electron chi connectivity index (χ0n) is 26.2. The Morgan fingerprint density at radius 3 is 2.04 bits per heavy atom. The molecule has 0 amide bonds. The molecule has 254 valence electrons. The van der Waals surface area contributed by atoms with Crippen molar-refractivity contribution in [2.75, 3.05) is 22.9 Å². The molecule has 1 aromatic heterocycles. The Morgan fingerprint density at radius 1 is 0.913 bits per heavy atom. The second kappa shape index (κ2) is 14.5. The van der Waals surface area contributed by atoms with Gasteiger partial charge in [0.05, 0.1) is 18.2 Å². The SMILES string of the molecule is CCN(CCC(C)(C)CCC(=O)O)c1cc2c(cc1CN(Cc1cc(C(F)(F)F)cc(C(F)(F)F)c1)c1nnn(C)n1)CCC2.Cl. The number of anilines is 2. The molecule has 8 nitrogen and oxygen atoms in total. The van der Waals surface area contributed by atoms with E-state index >= 15 is 0 Å². The molecule has 15 heteroatoms. The second-order valence-electron chi connectivity index (χ2n) is 12.3. The van der Waals surface area contributed by atoms with Crippen LogP contribution >= 0.6 is 12.4 Å². The van der Waals surface area contributed by atoms with Crippen molar-refractivity contribution in [3.05, 3.63) is 63.7 Å². The summed E-state index contributed by atoms with van der Waals surface area (Å²) < 4.78 is 81.9. The largest absolute Gasteiger partial charge is 0.481 e. The van der Waals surface area contributed by atoms with Crippen LogP contribution in [0.2, 0.25) is 0 Å². The Bertz CT molecular complexity index is 1480. The number of carbonyl (C=O) groups is 1. The standard InChI is InChI=1S/C31H38F6N6O2.ClH/c1-5-42(12-11-29(2,3)10-9-27(44)45)26-16-22-8-6-7-21(22)15-23(26)19-43(28-38-40-41(4)39-28)18-20-13-24(30(32,33)34)17-25(14-20)31(35,36)37;/h13-17H,5-12,18-19H2,1-4H3,(H,44,45);1H. The van der Waals surface area contributed by atoms with Gasteiger partial charge in [0.2, 0.25) is 0 Å². The smallest absolute Gasteiger partial charge is 0.416 e. The molecule has 4 rings (SSSR count). The maximum absolute atomic E-state index is 13.6. The fourth-order valence-electron chi connectivity index (χ4n) is 5.67. The lowest BCUT2D eigenvalue weighted by Gasteiger charge is -2.32. The summed E-state index contributed by atoms with van der Waals surface area (Å²) in [7, 11) is 1.52. The molecule has 1 N–H and O–H groups in total. The summed E-state index contributed by atoms with van der Waals surface area (Å²) in [5, 5.41) is 21.3. The van der Waals surface area contributed by atoms with Crippen molar-refractivity contribution in [2.45, 2.75) is 84.7 Å². The molecule has 0 fully saturated rings. The molecule has 0 saturated carbocycles. The minimum absolute atomic E-state index is 0. The van der Waals surface area contributed by atoms with Crippen LogP contribution in [0.3, 0.4) is 0 Å². The number of alkyl halides is 6. The van der Waals surface area contributed by atoms with Crippen molar-refractivity contribution in [3.8, 4) is 0 Å². The third kappa shape index (κ3) is 9.49. The van der Waals surface area contributed by atoms with Gasteiger partial charge in [0, 0.05) is 38.3 Å². The Kier molecular flexibility index (Phi) is 11.6. The van der Waals surface area contributed by atoms with Crippen LogP contribution < -0.4 is 9.80 Å². The summed E-state index contributed by atoms with van der Waals surface area (Å²) >= 11 is 0. The van der Waals surface area contributed by atoms with E-state index in [1.807, 2.05) is 20.8 Å². The highest BCUT2D eigenvalue weighted by atomic mass is 35.5. The molecule has 3 aromatic rings. The number of aromatic nitrogens is 4. The Balaban J connectivity index is 0.00000576. The normalized spacial score (nSPS) is 13.3. The van der Waals surface area contributed by atoms with Crippen LogP contribution in [0.1, 0.15) is 79.8 Å². The van der Waals surface area contributed by atoms with Crippen LogP contribution in [0.25, 0.3) is 0 Å². The topological polar surface area (TPSA) is 87.4 Å². The number of hydrogen-bond donors (Lipinski definition) is 1. The van der Waals surface area contributed by atoms with E-state index < -0.39 is 29.4 Å². The minimum atomic E-state index is -4.97. The first-order valence-electron chi connectivity index (χ1n) is 14.8. The average molecular weight is 677 g/mol. The van der Waals surface area contributed by atoms with Gasteiger partial charge in [-0.05, 0) is 96.2 Å². The zero-order valence-corrected chi connectivity index (χ0v) is 27.0. The first kappa shape index (κ1) is 36.9. The lowest BCUT2D eigenvalue weighted by Crippen LogP contribution is -2.31. The van der Waals surface area contributed by atoms with E-state index in [9.17, 15) is 31.1 Å². The van der Waals surface area contributed by atoms with Gasteiger partial charge in [0.15, 0.2) is 0 Å². The van der Waals surface area contributed by atoms with Crippen LogP contribution in [0.4, 0.5) is 38.0 Å². The Morgan fingerprint density at radius 2 is 1.52 bits per heavy atom. The Labute approximate surface area is 270 Å². The van der Waals surface area contributed by atoms with Crippen molar-refractivity contribution in [1.82, 2.24) is 20.2 Å². The molecule has 0 radical (unpaired) electrons. The average Bonchev–Trinajstić information content (AvgIpc) is 3.59. The summed E-state index contributed by atoms with van der Waals surface area (Å²) in [6.07, 6.45) is -5.91. The quantitative estimate of drug-likeness (QED) is 0.188. The van der Waals surface area contributed by atoms with E-state index in [1.165, 1.54) is 22.3 Å². The number of carboxylic acid groups (broad SMARTS) is 1. The molecule has 1 aliphatic rings. The number of carboxylic acids is 1. The van der Waals surface area contributed by atoms with E-state index in [0.29, 0.717) is 25.9 Å². The van der Waals surface area contributed by atoms with Gasteiger partial charge in [0.25, 0.3) is 5.95 Å². The van der Waals surface area contributed by atoms with Gasteiger partial charge in [-0.3, -0.25) is 4.79 Å². The summed E-state index contributed by atoms with van der Waals surface area (Å²) in [5.41, 5.74) is 0.877. The van der Waals surface area contributed by atoms with Crippen LogP contribution in [-0.4, -0.2) is 44.4 Å². The number of halogens is 7. The number of aryl methyl sites for hydroxylation is 3. The maximum atomic E-state index is 13.6. The summed E-state index contributed by atoms with van der Waals surface area (Å²) in [4.78, 5) is 16.1. The molecular weight excluding hydrogens is 638 g/mol. The highest BCUT2D eigenvalue weighted by Crippen LogP contribution is 2.38. The molecule has 0 bridgehead atoms. The predicted octanol–water partition coefficient (Wildman–Crippen LogP) is 7.47. The molecule has 2 aromatic carbocycles. The molecule has 0 aliphatic heterocycles. The predicted molar refractivity (Wildman–Crippen MR) is 164 cm³/mol. The number of aliphatic carboxylic acids is 1. The summed E-state index contributed by atoms with van der Waals surface area (Å²) in [6, 6.07) is 5.75. The first-order chi connectivity index (χ1) is 20.9. The van der Waals surface area contributed by atoms with Crippen LogP contribution in [0.5, 0.6) is 0 Å². The molecule has 1 heterocycles. The number of fused-ring (bicyclic) bond motifs is 1. The second-order valence-corrected chi connectivity index (χ2v) is 12.3. The molecule has 0 saturated heterocycles. The highest BCUT2D eigenvalue weighted by molar-refractivity contribution is 5.85. The molecule has 0 atom stereocenters. The van der Waals surface area contributed by atoms with E-state index in [-0.39, 0.29) is 54.9 Å². The first-order valence-corrected chi connectivity index (χ1v) is 14.8. The van der Waals surface area contributed by atoms with Gasteiger partial charge < -0.3 is 14.9 Å². The monoisotopic (exact) mass is 676 g/mol. The number of tetrazole rings is 1. The third-order valence-corrected chi connectivity index (χ3v) is 8.25. The molecular formula is C31H39ClF6N6O2. The van der Waals surface area contributed by atoms with E-state index in [2.05, 4.69) is 32.4 Å². The van der Waals surface area contributed by atoms with E-state index in [1.54, 1.807) is 0 Å². The van der Waals surface area contributed by atoms with Crippen molar-refractivity contribution < 1.29 is 36.2 Å². The van der Waals surface area contributed by atoms with Crippen molar-refractivity contribution in [3.63, 3.8) is 0 Å². The number of benzene rings is 2. The zero-order chi connectivity index (χ0) is 33.2. The fourth-order valence-corrected chi connectivity index (χ4v) is 5.67. The van der Waals surface area contributed by atoms with Crippen molar-refractivity contribution >= 4 is 30.0 Å². The van der Waals surface area contributed by atoms with Gasteiger partial charge in [-0.25, -0.2) is 0 Å². The van der Waals surface area contributed by atoms with Crippen LogP contribution in [0.15, 0.2) is 30.3 Å². The Hall–Kier alpha value is -3.55. The van der Waals surface area contributed by atoms with Crippen molar-refractivity contribution in [2.24, 2.45) is 12.5 Å². The number of hydrogen-bond acceptors (Lipinski definition) is 6. The third-order valence-electron chi connectivity index (χ3n) is 8.25. The van der Waals surface area contributed by atoms with Gasteiger partial charge in [-0.2, -0.15) is 31.1 Å².